The molecule has 5 heteroatoms. The van der Waals surface area contributed by atoms with Gasteiger partial charge in [0.25, 0.3) is 0 Å². The first-order valence-electron chi connectivity index (χ1n) is 9.68. The van der Waals surface area contributed by atoms with E-state index in [1.807, 2.05) is 0 Å². The summed E-state index contributed by atoms with van der Waals surface area (Å²) < 4.78 is 5.45. The van der Waals surface area contributed by atoms with Crippen LogP contribution in [0.2, 0.25) is 0 Å². The zero-order valence-corrected chi connectivity index (χ0v) is 14.8. The summed E-state index contributed by atoms with van der Waals surface area (Å²) in [6, 6.07) is 0. The highest BCUT2D eigenvalue weighted by Crippen LogP contribution is 2.33. The summed E-state index contributed by atoms with van der Waals surface area (Å²) in [6.07, 6.45) is 6.84. The largest absolute Gasteiger partial charge is 0.379 e. The molecule has 1 unspecified atom stereocenters. The SMILES string of the molecule is CCNC(=NCCCC1CC1)N1CCC(CN2CCOCC2)C1. The summed E-state index contributed by atoms with van der Waals surface area (Å²) in [5, 5.41) is 3.49. The lowest BCUT2D eigenvalue weighted by Gasteiger charge is -2.29. The second kappa shape index (κ2) is 8.88. The van der Waals surface area contributed by atoms with Crippen LogP contribution in [0.15, 0.2) is 4.99 Å². The van der Waals surface area contributed by atoms with Crippen molar-refractivity contribution in [1.82, 2.24) is 15.1 Å². The van der Waals surface area contributed by atoms with Gasteiger partial charge in [-0.25, -0.2) is 0 Å². The normalized spacial score (nSPS) is 26.7. The van der Waals surface area contributed by atoms with Gasteiger partial charge in [0.05, 0.1) is 13.2 Å². The van der Waals surface area contributed by atoms with E-state index in [1.54, 1.807) is 0 Å². The van der Waals surface area contributed by atoms with Crippen LogP contribution in [0, 0.1) is 11.8 Å². The van der Waals surface area contributed by atoms with Crippen LogP contribution in [0.5, 0.6) is 0 Å². The van der Waals surface area contributed by atoms with Gasteiger partial charge in [-0.3, -0.25) is 9.89 Å². The maximum atomic E-state index is 5.45. The van der Waals surface area contributed by atoms with Crippen LogP contribution < -0.4 is 5.32 Å². The maximum absolute atomic E-state index is 5.45. The number of likely N-dealkylation sites (tertiary alicyclic amines) is 1. The van der Waals surface area contributed by atoms with Crippen molar-refractivity contribution in [2.75, 3.05) is 59.0 Å². The molecule has 0 aromatic carbocycles. The number of nitrogens with zero attached hydrogens (tertiary/aromatic N) is 3. The van der Waals surface area contributed by atoms with E-state index >= 15 is 0 Å². The van der Waals surface area contributed by atoms with Crippen LogP contribution in [0.4, 0.5) is 0 Å². The summed E-state index contributed by atoms with van der Waals surface area (Å²) in [7, 11) is 0. The molecule has 3 fully saturated rings. The number of hydrogen-bond donors (Lipinski definition) is 1. The van der Waals surface area contributed by atoms with E-state index in [0.29, 0.717) is 0 Å². The average Bonchev–Trinajstić information content (AvgIpc) is 3.29. The molecule has 0 aromatic rings. The number of guanidine groups is 1. The van der Waals surface area contributed by atoms with Gasteiger partial charge >= 0.3 is 0 Å². The molecule has 0 radical (unpaired) electrons. The summed E-state index contributed by atoms with van der Waals surface area (Å²) in [5.74, 6) is 2.95. The molecule has 3 rings (SSSR count). The molecule has 2 aliphatic heterocycles. The zero-order valence-electron chi connectivity index (χ0n) is 14.8. The number of rotatable bonds is 7. The topological polar surface area (TPSA) is 40.1 Å². The average molecular weight is 322 g/mol. The van der Waals surface area contributed by atoms with Crippen molar-refractivity contribution in [3.05, 3.63) is 0 Å². The van der Waals surface area contributed by atoms with Crippen LogP contribution in [0.25, 0.3) is 0 Å². The highest BCUT2D eigenvalue weighted by Gasteiger charge is 2.27. The number of ether oxygens (including phenoxy) is 1. The Hall–Kier alpha value is -0.810. The molecular formula is C18H34N4O. The van der Waals surface area contributed by atoms with Crippen molar-refractivity contribution in [2.24, 2.45) is 16.8 Å². The summed E-state index contributed by atoms with van der Waals surface area (Å²) in [4.78, 5) is 9.92. The fourth-order valence-electron chi connectivity index (χ4n) is 3.72. The molecule has 0 spiro atoms. The molecule has 2 saturated heterocycles. The number of hydrogen-bond acceptors (Lipinski definition) is 3. The second-order valence-electron chi connectivity index (χ2n) is 7.33. The predicted octanol–water partition coefficient (Wildman–Crippen LogP) is 1.80. The van der Waals surface area contributed by atoms with Crippen molar-refractivity contribution in [1.29, 1.82) is 0 Å². The molecule has 1 saturated carbocycles. The Balaban J connectivity index is 1.42. The first-order valence-corrected chi connectivity index (χ1v) is 9.68. The standard InChI is InChI=1S/C18H34N4O/c1-2-19-18(20-8-3-4-16-5-6-16)22-9-7-17(15-22)14-21-10-12-23-13-11-21/h16-17H,2-15H2,1H3,(H,19,20). The molecule has 1 N–H and O–H groups in total. The zero-order chi connectivity index (χ0) is 15.9. The summed E-state index contributed by atoms with van der Waals surface area (Å²) in [6.45, 7) is 11.7. The third-order valence-corrected chi connectivity index (χ3v) is 5.27. The van der Waals surface area contributed by atoms with E-state index in [4.69, 9.17) is 9.73 Å². The number of morpholine rings is 1. The minimum atomic E-state index is 0.781. The molecule has 3 aliphatic rings. The molecule has 132 valence electrons. The van der Waals surface area contributed by atoms with Gasteiger partial charge in [0.2, 0.25) is 0 Å². The molecule has 2 heterocycles. The second-order valence-corrected chi connectivity index (χ2v) is 7.33. The van der Waals surface area contributed by atoms with Gasteiger partial charge in [0, 0.05) is 45.8 Å². The van der Waals surface area contributed by atoms with Gasteiger partial charge < -0.3 is 15.0 Å². The van der Waals surface area contributed by atoms with Gasteiger partial charge in [-0.1, -0.05) is 12.8 Å². The smallest absolute Gasteiger partial charge is 0.193 e. The van der Waals surface area contributed by atoms with E-state index in [-0.39, 0.29) is 0 Å². The lowest BCUT2D eigenvalue weighted by molar-refractivity contribution is 0.0315. The minimum absolute atomic E-state index is 0.781. The van der Waals surface area contributed by atoms with Crippen LogP contribution in [0.3, 0.4) is 0 Å². The van der Waals surface area contributed by atoms with Gasteiger partial charge in [-0.2, -0.15) is 0 Å². The Morgan fingerprint density at radius 1 is 1.13 bits per heavy atom. The highest BCUT2D eigenvalue weighted by atomic mass is 16.5. The maximum Gasteiger partial charge on any atom is 0.193 e. The first-order chi connectivity index (χ1) is 11.3. The summed E-state index contributed by atoms with van der Waals surface area (Å²) >= 11 is 0. The van der Waals surface area contributed by atoms with Crippen molar-refractivity contribution in [3.63, 3.8) is 0 Å². The fraction of sp³-hybridized carbons (Fsp3) is 0.944. The van der Waals surface area contributed by atoms with Gasteiger partial charge in [0.15, 0.2) is 5.96 Å². The molecule has 0 aromatic heterocycles. The van der Waals surface area contributed by atoms with E-state index < -0.39 is 0 Å². The number of nitrogens with one attached hydrogen (secondary N) is 1. The molecule has 0 amide bonds. The van der Waals surface area contributed by atoms with Crippen LogP contribution >= 0.6 is 0 Å². The Kier molecular flexibility index (Phi) is 6.57. The molecular weight excluding hydrogens is 288 g/mol. The lowest BCUT2D eigenvalue weighted by atomic mass is 10.1. The van der Waals surface area contributed by atoms with Gasteiger partial charge in [0.1, 0.15) is 0 Å². The van der Waals surface area contributed by atoms with Crippen molar-refractivity contribution in [2.45, 2.75) is 39.0 Å². The first kappa shape index (κ1) is 17.0. The lowest BCUT2D eigenvalue weighted by Crippen LogP contribution is -2.42. The monoisotopic (exact) mass is 322 g/mol. The highest BCUT2D eigenvalue weighted by molar-refractivity contribution is 5.80. The van der Waals surface area contributed by atoms with Crippen LogP contribution in [-0.4, -0.2) is 74.8 Å². The van der Waals surface area contributed by atoms with Crippen molar-refractivity contribution < 1.29 is 4.74 Å². The van der Waals surface area contributed by atoms with Gasteiger partial charge in [-0.15, -0.1) is 0 Å². The predicted molar refractivity (Wildman–Crippen MR) is 94.9 cm³/mol. The minimum Gasteiger partial charge on any atom is -0.379 e. The van der Waals surface area contributed by atoms with Crippen molar-refractivity contribution in [3.8, 4) is 0 Å². The Labute approximate surface area is 141 Å². The quantitative estimate of drug-likeness (QED) is 0.441. The van der Waals surface area contributed by atoms with Crippen molar-refractivity contribution >= 4 is 5.96 Å². The molecule has 1 atom stereocenters. The Morgan fingerprint density at radius 2 is 1.96 bits per heavy atom. The fourth-order valence-corrected chi connectivity index (χ4v) is 3.72. The van der Waals surface area contributed by atoms with Crippen LogP contribution in [0.1, 0.15) is 39.0 Å². The molecule has 0 bridgehead atoms. The van der Waals surface area contributed by atoms with E-state index in [1.165, 1.54) is 38.6 Å². The van der Waals surface area contributed by atoms with E-state index in [9.17, 15) is 0 Å². The third-order valence-electron chi connectivity index (χ3n) is 5.27. The van der Waals surface area contributed by atoms with E-state index in [2.05, 4.69) is 22.0 Å². The Bertz CT molecular complexity index is 377. The summed E-state index contributed by atoms with van der Waals surface area (Å²) in [5.41, 5.74) is 0. The van der Waals surface area contributed by atoms with Gasteiger partial charge in [-0.05, 0) is 38.0 Å². The van der Waals surface area contributed by atoms with E-state index in [0.717, 1.165) is 70.3 Å². The number of aliphatic imine (C=N–C) groups is 1. The third kappa shape index (κ3) is 5.64. The molecule has 23 heavy (non-hydrogen) atoms. The molecule has 1 aliphatic carbocycles. The Morgan fingerprint density at radius 3 is 2.70 bits per heavy atom. The van der Waals surface area contributed by atoms with Crippen LogP contribution in [-0.2, 0) is 4.74 Å². The molecule has 5 nitrogen and oxygen atoms in total.